The van der Waals surface area contributed by atoms with Crippen molar-refractivity contribution >= 4 is 0 Å². The molecule has 1 aromatic rings. The fourth-order valence-corrected chi connectivity index (χ4v) is 2.77. The molecule has 1 fully saturated rings. The first-order chi connectivity index (χ1) is 9.38. The van der Waals surface area contributed by atoms with Gasteiger partial charge in [0.25, 0.3) is 0 Å². The molecule has 1 aromatic carbocycles. The molecule has 1 aliphatic rings. The van der Waals surface area contributed by atoms with Gasteiger partial charge in [0.05, 0.1) is 6.61 Å². The van der Waals surface area contributed by atoms with E-state index in [1.54, 1.807) is 0 Å². The van der Waals surface area contributed by atoms with Gasteiger partial charge in [0, 0.05) is 19.7 Å². The summed E-state index contributed by atoms with van der Waals surface area (Å²) in [6, 6.07) is 10.00. The molecule has 19 heavy (non-hydrogen) atoms. The van der Waals surface area contributed by atoms with Crippen LogP contribution in [0.1, 0.15) is 25.7 Å². The van der Waals surface area contributed by atoms with Crippen molar-refractivity contribution in [1.82, 2.24) is 4.90 Å². The van der Waals surface area contributed by atoms with Gasteiger partial charge in [-0.05, 0) is 50.3 Å². The molecule has 0 amide bonds. The molecule has 1 saturated heterocycles. The van der Waals surface area contributed by atoms with Crippen LogP contribution in [-0.4, -0.2) is 42.9 Å². The van der Waals surface area contributed by atoms with Gasteiger partial charge < -0.3 is 14.7 Å². The van der Waals surface area contributed by atoms with E-state index in [9.17, 15) is 0 Å². The average Bonchev–Trinajstić information content (AvgIpc) is 2.46. The first-order valence-electron chi connectivity index (χ1n) is 7.39. The molecule has 3 nitrogen and oxygen atoms in total. The van der Waals surface area contributed by atoms with Crippen molar-refractivity contribution < 1.29 is 9.84 Å². The molecular weight excluding hydrogens is 238 g/mol. The Balaban J connectivity index is 1.60. The van der Waals surface area contributed by atoms with Crippen molar-refractivity contribution in [3.8, 4) is 5.75 Å². The van der Waals surface area contributed by atoms with Crippen LogP contribution in [0.25, 0.3) is 0 Å². The van der Waals surface area contributed by atoms with Crippen LogP contribution < -0.4 is 4.74 Å². The quantitative estimate of drug-likeness (QED) is 0.767. The van der Waals surface area contributed by atoms with Crippen LogP contribution in [-0.2, 0) is 0 Å². The third-order valence-corrected chi connectivity index (χ3v) is 3.77. The van der Waals surface area contributed by atoms with Crippen LogP contribution in [0.3, 0.4) is 0 Å². The van der Waals surface area contributed by atoms with E-state index in [0.29, 0.717) is 12.5 Å². The van der Waals surface area contributed by atoms with Gasteiger partial charge >= 0.3 is 0 Å². The number of hydrogen-bond acceptors (Lipinski definition) is 3. The van der Waals surface area contributed by atoms with Crippen molar-refractivity contribution in [3.63, 3.8) is 0 Å². The van der Waals surface area contributed by atoms with Crippen LogP contribution in [0, 0.1) is 5.92 Å². The van der Waals surface area contributed by atoms with Gasteiger partial charge in [-0.25, -0.2) is 0 Å². The molecule has 1 aliphatic heterocycles. The Morgan fingerprint density at radius 3 is 2.89 bits per heavy atom. The molecule has 1 N–H and O–H groups in total. The van der Waals surface area contributed by atoms with Gasteiger partial charge in [-0.15, -0.1) is 0 Å². The molecule has 3 heteroatoms. The number of likely N-dealkylation sites (tertiary alicyclic amines) is 1. The minimum absolute atomic E-state index is 0.329. The zero-order chi connectivity index (χ0) is 13.3. The second kappa shape index (κ2) is 8.18. The van der Waals surface area contributed by atoms with Crippen LogP contribution in [0.2, 0.25) is 0 Å². The highest BCUT2D eigenvalue weighted by Gasteiger charge is 2.18. The van der Waals surface area contributed by atoms with E-state index < -0.39 is 0 Å². The smallest absolute Gasteiger partial charge is 0.119 e. The maximum Gasteiger partial charge on any atom is 0.119 e. The molecule has 106 valence electrons. The normalized spacial score (nSPS) is 20.4. The lowest BCUT2D eigenvalue weighted by Gasteiger charge is -2.32. The van der Waals surface area contributed by atoms with Crippen molar-refractivity contribution in [2.75, 3.05) is 32.8 Å². The second-order valence-electron chi connectivity index (χ2n) is 5.34. The highest BCUT2D eigenvalue weighted by molar-refractivity contribution is 5.20. The third kappa shape index (κ3) is 5.21. The number of aliphatic hydroxyl groups is 1. The number of para-hydroxylation sites is 1. The summed E-state index contributed by atoms with van der Waals surface area (Å²) >= 11 is 0. The highest BCUT2D eigenvalue weighted by atomic mass is 16.5. The fourth-order valence-electron chi connectivity index (χ4n) is 2.77. The van der Waals surface area contributed by atoms with Gasteiger partial charge in [-0.2, -0.15) is 0 Å². The summed E-state index contributed by atoms with van der Waals surface area (Å²) in [7, 11) is 0. The van der Waals surface area contributed by atoms with E-state index in [4.69, 9.17) is 9.84 Å². The molecule has 0 saturated carbocycles. The molecule has 1 unspecified atom stereocenters. The van der Waals surface area contributed by atoms with Gasteiger partial charge in [0.15, 0.2) is 0 Å². The topological polar surface area (TPSA) is 32.7 Å². The van der Waals surface area contributed by atoms with Gasteiger partial charge in [-0.1, -0.05) is 18.2 Å². The highest BCUT2D eigenvalue weighted by Crippen LogP contribution is 2.19. The maximum absolute atomic E-state index is 9.01. The van der Waals surface area contributed by atoms with E-state index >= 15 is 0 Å². The molecule has 0 aliphatic carbocycles. The molecule has 1 atom stereocenters. The van der Waals surface area contributed by atoms with Crippen molar-refractivity contribution in [1.29, 1.82) is 0 Å². The molecule has 1 heterocycles. The molecule has 0 bridgehead atoms. The second-order valence-corrected chi connectivity index (χ2v) is 5.34. The van der Waals surface area contributed by atoms with E-state index in [2.05, 4.69) is 4.90 Å². The summed E-state index contributed by atoms with van der Waals surface area (Å²) < 4.78 is 5.70. The lowest BCUT2D eigenvalue weighted by Crippen LogP contribution is -2.36. The summed E-state index contributed by atoms with van der Waals surface area (Å²) in [5.41, 5.74) is 0. The number of aliphatic hydroxyl groups excluding tert-OH is 1. The maximum atomic E-state index is 9.01. The Morgan fingerprint density at radius 2 is 2.11 bits per heavy atom. The van der Waals surface area contributed by atoms with Gasteiger partial charge in [0.2, 0.25) is 0 Å². The Hall–Kier alpha value is -1.06. The molecule has 0 spiro atoms. The largest absolute Gasteiger partial charge is 0.494 e. The summed E-state index contributed by atoms with van der Waals surface area (Å²) in [5.74, 6) is 1.65. The predicted molar refractivity (Wildman–Crippen MR) is 77.4 cm³/mol. The Morgan fingerprint density at radius 1 is 1.26 bits per heavy atom. The monoisotopic (exact) mass is 263 g/mol. The van der Waals surface area contributed by atoms with Crippen molar-refractivity contribution in [2.24, 2.45) is 5.92 Å². The summed E-state index contributed by atoms with van der Waals surface area (Å²) in [6.45, 7) is 4.56. The lowest BCUT2D eigenvalue weighted by molar-refractivity contribution is 0.140. The first-order valence-corrected chi connectivity index (χ1v) is 7.39. The van der Waals surface area contributed by atoms with Crippen LogP contribution in [0.5, 0.6) is 5.75 Å². The Kier molecular flexibility index (Phi) is 6.18. The lowest BCUT2D eigenvalue weighted by atomic mass is 9.95. The standard InChI is InChI=1S/C16H25NO2/c18-12-9-15-6-4-10-17(14-15)11-5-13-19-16-7-2-1-3-8-16/h1-3,7-8,15,18H,4-6,9-14H2. The first kappa shape index (κ1) is 14.4. The van der Waals surface area contributed by atoms with E-state index in [0.717, 1.165) is 38.3 Å². The van der Waals surface area contributed by atoms with Crippen LogP contribution in [0.4, 0.5) is 0 Å². The summed E-state index contributed by atoms with van der Waals surface area (Å²) in [6.07, 6.45) is 4.57. The minimum Gasteiger partial charge on any atom is -0.494 e. The van der Waals surface area contributed by atoms with Crippen LogP contribution in [0.15, 0.2) is 30.3 Å². The van der Waals surface area contributed by atoms with Crippen molar-refractivity contribution in [2.45, 2.75) is 25.7 Å². The number of rotatable bonds is 7. The number of nitrogens with zero attached hydrogens (tertiary/aromatic N) is 1. The Labute approximate surface area is 116 Å². The Bertz CT molecular complexity index is 340. The zero-order valence-corrected chi connectivity index (χ0v) is 11.6. The summed E-state index contributed by atoms with van der Waals surface area (Å²) in [4.78, 5) is 2.51. The minimum atomic E-state index is 0.329. The zero-order valence-electron chi connectivity index (χ0n) is 11.6. The van der Waals surface area contributed by atoms with E-state index in [-0.39, 0.29) is 0 Å². The number of benzene rings is 1. The predicted octanol–water partition coefficient (Wildman–Crippen LogP) is 2.55. The third-order valence-electron chi connectivity index (χ3n) is 3.77. The molecular formula is C16H25NO2. The van der Waals surface area contributed by atoms with Crippen molar-refractivity contribution in [3.05, 3.63) is 30.3 Å². The van der Waals surface area contributed by atoms with Gasteiger partial charge in [0.1, 0.15) is 5.75 Å². The van der Waals surface area contributed by atoms with Gasteiger partial charge in [-0.3, -0.25) is 0 Å². The average molecular weight is 263 g/mol. The van der Waals surface area contributed by atoms with E-state index in [1.807, 2.05) is 30.3 Å². The molecule has 0 radical (unpaired) electrons. The SMILES string of the molecule is OCCC1CCCN(CCCOc2ccccc2)C1. The number of hydrogen-bond donors (Lipinski definition) is 1. The fraction of sp³-hybridized carbons (Fsp3) is 0.625. The summed E-state index contributed by atoms with van der Waals surface area (Å²) in [5, 5.41) is 9.01. The number of piperidine rings is 1. The van der Waals surface area contributed by atoms with E-state index in [1.165, 1.54) is 19.4 Å². The molecule has 0 aromatic heterocycles. The van der Waals surface area contributed by atoms with Crippen LogP contribution >= 0.6 is 0 Å². The number of ether oxygens (including phenoxy) is 1. The molecule has 2 rings (SSSR count).